The molecule has 2 aromatic heterocycles. The Balaban J connectivity index is 1.68. The van der Waals surface area contributed by atoms with Crippen molar-refractivity contribution in [3.05, 3.63) is 54.3 Å². The van der Waals surface area contributed by atoms with Crippen molar-refractivity contribution in [2.45, 2.75) is 13.5 Å². The molecular formula is C14H14N4O. The molecule has 19 heavy (non-hydrogen) atoms. The number of nitrogens with one attached hydrogen (secondary N) is 2. The molecule has 0 spiro atoms. The number of rotatable bonds is 4. The number of H-pyrrole nitrogens is 1. The highest BCUT2D eigenvalue weighted by Crippen LogP contribution is 2.21. The Morgan fingerprint density at radius 1 is 1.21 bits per heavy atom. The number of hydrogen-bond acceptors (Lipinski definition) is 4. The molecule has 0 aliphatic rings. The summed E-state index contributed by atoms with van der Waals surface area (Å²) in [5.74, 6) is 0.775. The Kier molecular flexibility index (Phi) is 3.02. The second kappa shape index (κ2) is 4.97. The Morgan fingerprint density at radius 3 is 2.68 bits per heavy atom. The Bertz CT molecular complexity index is 640. The van der Waals surface area contributed by atoms with Crippen molar-refractivity contribution in [1.29, 1.82) is 0 Å². The highest BCUT2D eigenvalue weighted by atomic mass is 16.3. The number of benzene rings is 1. The lowest BCUT2D eigenvalue weighted by Crippen LogP contribution is -1.99. The molecule has 0 bridgehead atoms. The molecule has 5 heteroatoms. The maximum absolute atomic E-state index is 5.25. The maximum Gasteiger partial charge on any atom is 0.181 e. The van der Waals surface area contributed by atoms with Crippen LogP contribution in [0.4, 0.5) is 5.69 Å². The van der Waals surface area contributed by atoms with Gasteiger partial charge in [-0.3, -0.25) is 5.10 Å². The molecule has 96 valence electrons. The van der Waals surface area contributed by atoms with Gasteiger partial charge in [-0.25, -0.2) is 4.98 Å². The van der Waals surface area contributed by atoms with Crippen molar-refractivity contribution in [2.75, 3.05) is 5.32 Å². The number of aromatic amines is 1. The van der Waals surface area contributed by atoms with E-state index in [1.54, 1.807) is 6.20 Å². The largest absolute Gasteiger partial charge is 0.444 e. The average Bonchev–Trinajstić information content (AvgIpc) is 3.09. The van der Waals surface area contributed by atoms with E-state index in [0.717, 1.165) is 29.2 Å². The maximum atomic E-state index is 5.25. The van der Waals surface area contributed by atoms with Crippen LogP contribution in [0, 0.1) is 6.92 Å². The van der Waals surface area contributed by atoms with Crippen LogP contribution in [0.15, 0.2) is 47.5 Å². The van der Waals surface area contributed by atoms with Crippen molar-refractivity contribution in [3.8, 4) is 11.3 Å². The molecule has 0 radical (unpaired) electrons. The van der Waals surface area contributed by atoms with Gasteiger partial charge < -0.3 is 9.73 Å². The van der Waals surface area contributed by atoms with E-state index in [2.05, 4.69) is 20.5 Å². The van der Waals surface area contributed by atoms with Crippen molar-refractivity contribution in [2.24, 2.45) is 0 Å². The predicted molar refractivity (Wildman–Crippen MR) is 72.6 cm³/mol. The first-order valence-corrected chi connectivity index (χ1v) is 6.04. The molecule has 0 aliphatic heterocycles. The third-order valence-electron chi connectivity index (χ3n) is 3.02. The van der Waals surface area contributed by atoms with Crippen LogP contribution in [0.5, 0.6) is 0 Å². The van der Waals surface area contributed by atoms with Crippen molar-refractivity contribution < 1.29 is 4.42 Å². The van der Waals surface area contributed by atoms with Crippen molar-refractivity contribution in [1.82, 2.24) is 15.2 Å². The molecule has 3 aromatic rings. The lowest BCUT2D eigenvalue weighted by Gasteiger charge is -2.06. The van der Waals surface area contributed by atoms with E-state index in [-0.39, 0.29) is 0 Å². The summed E-state index contributed by atoms with van der Waals surface area (Å²) in [6, 6.07) is 8.05. The first-order chi connectivity index (χ1) is 9.33. The smallest absolute Gasteiger partial charge is 0.181 e. The Labute approximate surface area is 110 Å². The van der Waals surface area contributed by atoms with E-state index in [4.69, 9.17) is 4.42 Å². The zero-order chi connectivity index (χ0) is 13.1. The van der Waals surface area contributed by atoms with Gasteiger partial charge in [-0.15, -0.1) is 0 Å². The van der Waals surface area contributed by atoms with Gasteiger partial charge >= 0.3 is 0 Å². The first-order valence-electron chi connectivity index (χ1n) is 6.04. The summed E-state index contributed by atoms with van der Waals surface area (Å²) in [6.07, 6.45) is 4.98. The van der Waals surface area contributed by atoms with Gasteiger partial charge in [0.1, 0.15) is 0 Å². The van der Waals surface area contributed by atoms with E-state index in [1.165, 1.54) is 12.0 Å². The highest BCUT2D eigenvalue weighted by molar-refractivity contribution is 5.60. The minimum absolute atomic E-state index is 0.754. The van der Waals surface area contributed by atoms with E-state index >= 15 is 0 Å². The SMILES string of the molecule is Cc1[nH]ncc1CNc1ccc(-c2cnco2)cc1. The van der Waals surface area contributed by atoms with Gasteiger partial charge in [-0.2, -0.15) is 5.10 Å². The van der Waals surface area contributed by atoms with Crippen LogP contribution in [0.2, 0.25) is 0 Å². The number of oxazole rings is 1. The van der Waals surface area contributed by atoms with Crippen LogP contribution in [-0.4, -0.2) is 15.2 Å². The number of anilines is 1. The lowest BCUT2D eigenvalue weighted by atomic mass is 10.1. The molecule has 2 N–H and O–H groups in total. The lowest BCUT2D eigenvalue weighted by molar-refractivity contribution is 0.572. The van der Waals surface area contributed by atoms with Crippen molar-refractivity contribution in [3.63, 3.8) is 0 Å². The monoisotopic (exact) mass is 254 g/mol. The normalized spacial score (nSPS) is 10.6. The molecule has 0 saturated carbocycles. The number of aromatic nitrogens is 3. The van der Waals surface area contributed by atoms with Crippen LogP contribution in [-0.2, 0) is 6.54 Å². The molecule has 5 nitrogen and oxygen atoms in total. The molecule has 0 aliphatic carbocycles. The third kappa shape index (κ3) is 2.49. The molecule has 2 heterocycles. The van der Waals surface area contributed by atoms with Crippen LogP contribution in [0.25, 0.3) is 11.3 Å². The predicted octanol–water partition coefficient (Wildman–Crippen LogP) is 2.99. The first kappa shape index (κ1) is 11.5. The average molecular weight is 254 g/mol. The Hall–Kier alpha value is -2.56. The van der Waals surface area contributed by atoms with E-state index in [1.807, 2.05) is 37.4 Å². The standard InChI is InChI=1S/C14H14N4O/c1-10-12(7-17-18-10)6-16-13-4-2-11(3-5-13)14-8-15-9-19-14/h2-5,7-9,16H,6H2,1H3,(H,17,18). The minimum Gasteiger partial charge on any atom is -0.444 e. The summed E-state index contributed by atoms with van der Waals surface area (Å²) in [6.45, 7) is 2.76. The Morgan fingerprint density at radius 2 is 2.05 bits per heavy atom. The molecule has 0 saturated heterocycles. The zero-order valence-electron chi connectivity index (χ0n) is 10.6. The summed E-state index contributed by atoms with van der Waals surface area (Å²) in [4.78, 5) is 3.91. The van der Waals surface area contributed by atoms with E-state index < -0.39 is 0 Å². The molecule has 0 amide bonds. The van der Waals surface area contributed by atoms with Gasteiger partial charge in [0.05, 0.1) is 12.4 Å². The molecule has 1 aromatic carbocycles. The van der Waals surface area contributed by atoms with Crippen LogP contribution >= 0.6 is 0 Å². The number of hydrogen-bond donors (Lipinski definition) is 2. The van der Waals surface area contributed by atoms with Gasteiger partial charge in [0.25, 0.3) is 0 Å². The fourth-order valence-electron chi connectivity index (χ4n) is 1.86. The highest BCUT2D eigenvalue weighted by Gasteiger charge is 2.02. The molecule has 3 rings (SSSR count). The molecule has 0 atom stereocenters. The fraction of sp³-hybridized carbons (Fsp3) is 0.143. The van der Waals surface area contributed by atoms with Gasteiger partial charge in [0.2, 0.25) is 0 Å². The van der Waals surface area contributed by atoms with Gasteiger partial charge in [0, 0.05) is 29.1 Å². The van der Waals surface area contributed by atoms with Gasteiger partial charge in [-0.1, -0.05) is 0 Å². The summed E-state index contributed by atoms with van der Waals surface area (Å²) in [5, 5.41) is 10.3. The number of aryl methyl sites for hydroxylation is 1. The third-order valence-corrected chi connectivity index (χ3v) is 3.02. The minimum atomic E-state index is 0.754. The van der Waals surface area contributed by atoms with Crippen LogP contribution < -0.4 is 5.32 Å². The second-order valence-electron chi connectivity index (χ2n) is 4.32. The number of nitrogens with zero attached hydrogens (tertiary/aromatic N) is 2. The molecule has 0 fully saturated rings. The second-order valence-corrected chi connectivity index (χ2v) is 4.32. The fourth-order valence-corrected chi connectivity index (χ4v) is 1.86. The quantitative estimate of drug-likeness (QED) is 0.751. The van der Waals surface area contributed by atoms with Crippen molar-refractivity contribution >= 4 is 5.69 Å². The summed E-state index contributed by atoms with van der Waals surface area (Å²) < 4.78 is 5.25. The van der Waals surface area contributed by atoms with Gasteiger partial charge in [-0.05, 0) is 31.2 Å². The van der Waals surface area contributed by atoms with Crippen LogP contribution in [0.3, 0.4) is 0 Å². The molecule has 0 unspecified atom stereocenters. The molecular weight excluding hydrogens is 240 g/mol. The van der Waals surface area contributed by atoms with E-state index in [9.17, 15) is 0 Å². The summed E-state index contributed by atoms with van der Waals surface area (Å²) in [7, 11) is 0. The van der Waals surface area contributed by atoms with Crippen LogP contribution in [0.1, 0.15) is 11.3 Å². The van der Waals surface area contributed by atoms with E-state index in [0.29, 0.717) is 0 Å². The summed E-state index contributed by atoms with van der Waals surface area (Å²) in [5.41, 5.74) is 4.33. The van der Waals surface area contributed by atoms with Gasteiger partial charge in [0.15, 0.2) is 12.2 Å². The summed E-state index contributed by atoms with van der Waals surface area (Å²) >= 11 is 0. The topological polar surface area (TPSA) is 66.7 Å². The zero-order valence-corrected chi connectivity index (χ0v) is 10.6.